The van der Waals surface area contributed by atoms with E-state index in [1.54, 1.807) is 0 Å². The van der Waals surface area contributed by atoms with Crippen molar-refractivity contribution in [2.24, 2.45) is 0 Å². The van der Waals surface area contributed by atoms with Gasteiger partial charge in [0.05, 0.1) is 0 Å². The molecule has 5 heteroatoms. The summed E-state index contributed by atoms with van der Waals surface area (Å²) in [6, 6.07) is 5.89. The Labute approximate surface area is 131 Å². The summed E-state index contributed by atoms with van der Waals surface area (Å²) in [7, 11) is 0. The van der Waals surface area contributed by atoms with Crippen molar-refractivity contribution in [3.05, 3.63) is 29.3 Å². The molecule has 1 aromatic rings. The number of nitrogens with one attached hydrogen (secondary N) is 1. The van der Waals surface area contributed by atoms with E-state index in [0.29, 0.717) is 5.75 Å². The van der Waals surface area contributed by atoms with Crippen LogP contribution in [0.15, 0.2) is 18.2 Å². The first kappa shape index (κ1) is 16.3. The number of carbonyl (C=O) groups is 2. The summed E-state index contributed by atoms with van der Waals surface area (Å²) in [5, 5.41) is 2.87. The fourth-order valence-corrected chi connectivity index (χ4v) is 2.54. The molecular weight excluding hydrogens is 282 g/mol. The topological polar surface area (TPSA) is 64.6 Å². The van der Waals surface area contributed by atoms with Crippen molar-refractivity contribution in [3.8, 4) is 5.75 Å². The molecular formula is C17H23NO4. The lowest BCUT2D eigenvalue weighted by molar-refractivity contribution is -0.150. The number of rotatable bonds is 6. The van der Waals surface area contributed by atoms with Crippen LogP contribution < -0.4 is 10.1 Å². The van der Waals surface area contributed by atoms with Crippen molar-refractivity contribution >= 4 is 11.9 Å². The molecule has 0 radical (unpaired) electrons. The molecule has 0 heterocycles. The maximum Gasteiger partial charge on any atom is 0.344 e. The van der Waals surface area contributed by atoms with Crippen molar-refractivity contribution in [2.75, 3.05) is 13.2 Å². The Kier molecular flexibility index (Phi) is 5.81. The van der Waals surface area contributed by atoms with Gasteiger partial charge in [-0.1, -0.05) is 25.0 Å². The Morgan fingerprint density at radius 2 is 1.91 bits per heavy atom. The molecule has 0 spiro atoms. The highest BCUT2D eigenvalue weighted by Gasteiger charge is 2.18. The minimum atomic E-state index is -0.539. The lowest BCUT2D eigenvalue weighted by Crippen LogP contribution is -2.36. The molecule has 1 aromatic carbocycles. The molecule has 0 unspecified atom stereocenters. The Hall–Kier alpha value is -2.04. The van der Waals surface area contributed by atoms with Gasteiger partial charge in [-0.05, 0) is 43.9 Å². The Balaban J connectivity index is 1.69. The molecule has 1 fully saturated rings. The van der Waals surface area contributed by atoms with Crippen molar-refractivity contribution in [3.63, 3.8) is 0 Å². The first-order valence-electron chi connectivity index (χ1n) is 7.70. The van der Waals surface area contributed by atoms with Crippen LogP contribution in [-0.4, -0.2) is 31.1 Å². The number of hydrogen-bond acceptors (Lipinski definition) is 4. The van der Waals surface area contributed by atoms with E-state index in [0.717, 1.165) is 36.8 Å². The van der Waals surface area contributed by atoms with E-state index in [2.05, 4.69) is 5.32 Å². The largest absolute Gasteiger partial charge is 0.482 e. The third kappa shape index (κ3) is 4.76. The number of carbonyl (C=O) groups excluding carboxylic acids is 2. The van der Waals surface area contributed by atoms with Crippen LogP contribution in [-0.2, 0) is 14.3 Å². The molecule has 1 aliphatic rings. The van der Waals surface area contributed by atoms with Crippen LogP contribution in [0.1, 0.15) is 36.8 Å². The maximum absolute atomic E-state index is 11.6. The molecule has 0 bridgehead atoms. The minimum Gasteiger partial charge on any atom is -0.482 e. The predicted octanol–water partition coefficient (Wildman–Crippen LogP) is 2.28. The van der Waals surface area contributed by atoms with Gasteiger partial charge in [0.25, 0.3) is 5.91 Å². The zero-order valence-electron chi connectivity index (χ0n) is 13.2. The minimum absolute atomic E-state index is 0.193. The van der Waals surface area contributed by atoms with E-state index in [9.17, 15) is 9.59 Å². The van der Waals surface area contributed by atoms with Crippen LogP contribution in [0.5, 0.6) is 5.75 Å². The number of ether oxygens (including phenoxy) is 2. The van der Waals surface area contributed by atoms with Gasteiger partial charge in [-0.2, -0.15) is 0 Å². The number of amides is 1. The Morgan fingerprint density at radius 3 is 2.64 bits per heavy atom. The Bertz CT molecular complexity index is 535. The SMILES string of the molecule is Cc1cccc(OCC(=O)OCC(=O)NC2CCCC2)c1C. The second kappa shape index (κ2) is 7.82. The zero-order valence-corrected chi connectivity index (χ0v) is 13.2. The van der Waals surface area contributed by atoms with E-state index < -0.39 is 5.97 Å². The summed E-state index contributed by atoms with van der Waals surface area (Å²) in [6.45, 7) is 3.48. The zero-order chi connectivity index (χ0) is 15.9. The first-order chi connectivity index (χ1) is 10.6. The highest BCUT2D eigenvalue weighted by molar-refractivity contribution is 5.81. The number of hydrogen-bond donors (Lipinski definition) is 1. The van der Waals surface area contributed by atoms with E-state index >= 15 is 0 Å². The van der Waals surface area contributed by atoms with Crippen molar-refractivity contribution in [1.29, 1.82) is 0 Å². The Morgan fingerprint density at radius 1 is 1.18 bits per heavy atom. The summed E-state index contributed by atoms with van der Waals surface area (Å²) < 4.78 is 10.4. The number of aryl methyl sites for hydroxylation is 1. The number of benzene rings is 1. The normalized spacial score (nSPS) is 14.6. The molecule has 120 valence electrons. The van der Waals surface area contributed by atoms with Gasteiger partial charge in [0, 0.05) is 6.04 Å². The van der Waals surface area contributed by atoms with Crippen LogP contribution in [0.2, 0.25) is 0 Å². The van der Waals surface area contributed by atoms with Gasteiger partial charge in [0.15, 0.2) is 13.2 Å². The summed E-state index contributed by atoms with van der Waals surface area (Å²) in [4.78, 5) is 23.3. The highest BCUT2D eigenvalue weighted by Crippen LogP contribution is 2.20. The van der Waals surface area contributed by atoms with E-state index in [1.165, 1.54) is 0 Å². The number of esters is 1. The lowest BCUT2D eigenvalue weighted by atomic mass is 10.1. The van der Waals surface area contributed by atoms with Crippen LogP contribution in [0.4, 0.5) is 0 Å². The molecule has 1 amide bonds. The fraction of sp³-hybridized carbons (Fsp3) is 0.529. The monoisotopic (exact) mass is 305 g/mol. The molecule has 2 rings (SSSR count). The molecule has 1 N–H and O–H groups in total. The first-order valence-corrected chi connectivity index (χ1v) is 7.70. The standard InChI is InChI=1S/C17H23NO4/c1-12-6-5-9-15(13(12)2)21-11-17(20)22-10-16(19)18-14-7-3-4-8-14/h5-6,9,14H,3-4,7-8,10-11H2,1-2H3,(H,18,19). The molecule has 22 heavy (non-hydrogen) atoms. The van der Waals surface area contributed by atoms with Crippen LogP contribution in [0.3, 0.4) is 0 Å². The average Bonchev–Trinajstić information content (AvgIpc) is 2.99. The molecule has 0 saturated heterocycles. The van der Waals surface area contributed by atoms with Gasteiger partial charge in [-0.3, -0.25) is 4.79 Å². The van der Waals surface area contributed by atoms with Gasteiger partial charge in [0.2, 0.25) is 0 Å². The van der Waals surface area contributed by atoms with Gasteiger partial charge in [-0.15, -0.1) is 0 Å². The van der Waals surface area contributed by atoms with Gasteiger partial charge in [0.1, 0.15) is 5.75 Å². The van der Waals surface area contributed by atoms with Crippen LogP contribution in [0.25, 0.3) is 0 Å². The van der Waals surface area contributed by atoms with E-state index in [4.69, 9.17) is 9.47 Å². The summed E-state index contributed by atoms with van der Waals surface area (Å²) >= 11 is 0. The molecule has 5 nitrogen and oxygen atoms in total. The van der Waals surface area contributed by atoms with Crippen LogP contribution in [0, 0.1) is 13.8 Å². The molecule has 0 atom stereocenters. The third-order valence-corrected chi connectivity index (χ3v) is 3.98. The predicted molar refractivity (Wildman–Crippen MR) is 82.8 cm³/mol. The van der Waals surface area contributed by atoms with Crippen molar-refractivity contribution in [1.82, 2.24) is 5.32 Å². The van der Waals surface area contributed by atoms with Gasteiger partial charge in [-0.25, -0.2) is 4.79 Å². The molecule has 0 aromatic heterocycles. The molecule has 1 saturated carbocycles. The fourth-order valence-electron chi connectivity index (χ4n) is 2.54. The highest BCUT2D eigenvalue weighted by atomic mass is 16.6. The third-order valence-electron chi connectivity index (χ3n) is 3.98. The van der Waals surface area contributed by atoms with Gasteiger partial charge < -0.3 is 14.8 Å². The van der Waals surface area contributed by atoms with Crippen molar-refractivity contribution < 1.29 is 19.1 Å². The maximum atomic E-state index is 11.6. The molecule has 1 aliphatic carbocycles. The second-order valence-corrected chi connectivity index (χ2v) is 5.70. The van der Waals surface area contributed by atoms with Crippen molar-refractivity contribution in [2.45, 2.75) is 45.6 Å². The average molecular weight is 305 g/mol. The molecule has 0 aliphatic heterocycles. The quantitative estimate of drug-likeness (QED) is 0.819. The van der Waals surface area contributed by atoms with E-state index in [-0.39, 0.29) is 25.2 Å². The summed E-state index contributed by atoms with van der Waals surface area (Å²) in [5.74, 6) is -0.123. The van der Waals surface area contributed by atoms with Gasteiger partial charge >= 0.3 is 5.97 Å². The second-order valence-electron chi connectivity index (χ2n) is 5.70. The smallest absolute Gasteiger partial charge is 0.344 e. The summed E-state index contributed by atoms with van der Waals surface area (Å²) in [5.41, 5.74) is 2.09. The summed E-state index contributed by atoms with van der Waals surface area (Å²) in [6.07, 6.45) is 4.31. The lowest BCUT2D eigenvalue weighted by Gasteiger charge is -2.13. The van der Waals surface area contributed by atoms with Crippen LogP contribution >= 0.6 is 0 Å². The van der Waals surface area contributed by atoms with E-state index in [1.807, 2.05) is 32.0 Å².